The van der Waals surface area contributed by atoms with Crippen LogP contribution in [0.2, 0.25) is 0 Å². The number of rotatable bonds is 2. The summed E-state index contributed by atoms with van der Waals surface area (Å²) in [6.07, 6.45) is 0. The van der Waals surface area contributed by atoms with Crippen molar-refractivity contribution in [2.24, 2.45) is 0 Å². The summed E-state index contributed by atoms with van der Waals surface area (Å²) >= 11 is 0. The molecule has 18 aromatic carbocycles. The maximum Gasteiger partial charge on any atom is 0.340 e. The molecular formula is C70H30F4. The Labute approximate surface area is 415 Å². The van der Waals surface area contributed by atoms with E-state index in [1.807, 2.05) is 0 Å². The van der Waals surface area contributed by atoms with Crippen molar-refractivity contribution in [1.82, 2.24) is 0 Å². The average Bonchev–Trinajstić information content (AvgIpc) is 3.91. The molecule has 0 heterocycles. The zero-order valence-corrected chi connectivity index (χ0v) is 38.8. The zero-order chi connectivity index (χ0) is 48.2. The second kappa shape index (κ2) is 11.7. The highest BCUT2D eigenvalue weighted by Crippen LogP contribution is 2.66. The predicted octanol–water partition coefficient (Wildman–Crippen LogP) is 20.6. The number of hydrogen-bond acceptors (Lipinski definition) is 0. The van der Waals surface area contributed by atoms with Crippen LogP contribution in [-0.4, -0.2) is 0 Å². The van der Waals surface area contributed by atoms with Crippen LogP contribution in [0.15, 0.2) is 182 Å². The lowest BCUT2D eigenvalue weighted by Gasteiger charge is -2.26. The second-order valence-electron chi connectivity index (χ2n) is 21.6. The third-order valence-electron chi connectivity index (χ3n) is 18.5. The molecule has 0 fully saturated rings. The minimum absolute atomic E-state index is 0.0383. The van der Waals surface area contributed by atoms with Gasteiger partial charge in [0.15, 0.2) is 0 Å². The van der Waals surface area contributed by atoms with Crippen LogP contribution in [0.25, 0.3) is 195 Å². The van der Waals surface area contributed by atoms with Gasteiger partial charge in [0.2, 0.25) is 0 Å². The summed E-state index contributed by atoms with van der Waals surface area (Å²) in [7, 11) is 0. The molecule has 2 aliphatic rings. The fourth-order valence-electron chi connectivity index (χ4n) is 15.7. The van der Waals surface area contributed by atoms with Crippen molar-refractivity contribution >= 4 is 151 Å². The Morgan fingerprint density at radius 3 is 0.824 bits per heavy atom. The van der Waals surface area contributed by atoms with E-state index in [1.165, 1.54) is 120 Å². The molecule has 0 amide bonds. The van der Waals surface area contributed by atoms with E-state index in [0.29, 0.717) is 16.5 Å². The van der Waals surface area contributed by atoms with Gasteiger partial charge in [-0.3, -0.25) is 0 Å². The van der Waals surface area contributed by atoms with Crippen LogP contribution in [0.3, 0.4) is 0 Å². The molecule has 20 rings (SSSR count). The monoisotopic (exact) mass is 946 g/mol. The van der Waals surface area contributed by atoms with Crippen LogP contribution in [-0.2, 0) is 11.8 Å². The minimum Gasteiger partial charge on any atom is -0.194 e. The van der Waals surface area contributed by atoms with Gasteiger partial charge in [0.1, 0.15) is 0 Å². The van der Waals surface area contributed by atoms with E-state index in [9.17, 15) is 0 Å². The Morgan fingerprint density at radius 2 is 0.486 bits per heavy atom. The smallest absolute Gasteiger partial charge is 0.194 e. The van der Waals surface area contributed by atoms with Gasteiger partial charge in [-0.2, -0.15) is 17.6 Å². The van der Waals surface area contributed by atoms with Gasteiger partial charge < -0.3 is 0 Å². The molecule has 0 N–H and O–H groups in total. The maximum absolute atomic E-state index is 16.3. The maximum atomic E-state index is 16.3. The van der Waals surface area contributed by atoms with Crippen LogP contribution in [0, 0.1) is 0 Å². The molecule has 0 unspecified atom stereocenters. The summed E-state index contributed by atoms with van der Waals surface area (Å²) in [5.74, 6) is -8.76. The SMILES string of the molecule is FC1(F)c2ccc3c4c(ccc(c24)C1(F)F)-c1c-3c(-c2cc3ccc4ccc5ccc6ccc7ccc2c2c7c6c5c4c32)c2ccccc2c1-c1cc2ccc3ccc4ccc5ccc6ccc1c1c6c5c4c3c21. The molecule has 338 valence electrons. The highest BCUT2D eigenvalue weighted by atomic mass is 19.3. The van der Waals surface area contributed by atoms with Crippen LogP contribution >= 0.6 is 0 Å². The molecular weight excluding hydrogens is 917 g/mol. The fraction of sp³-hybridized carbons (Fsp3) is 0.0286. The molecule has 0 atom stereocenters. The van der Waals surface area contributed by atoms with E-state index in [2.05, 4.69) is 158 Å². The Hall–Kier alpha value is -9.12. The third-order valence-corrected chi connectivity index (χ3v) is 18.5. The van der Waals surface area contributed by atoms with Crippen molar-refractivity contribution in [1.29, 1.82) is 0 Å². The number of benzene rings is 18. The van der Waals surface area contributed by atoms with Gasteiger partial charge in [0, 0.05) is 16.5 Å². The molecule has 0 aliphatic heterocycles. The molecule has 2 aliphatic carbocycles. The standard InChI is InChI=1S/C70H30F4/c71-69(72)49-27-25-45-63-46(26-28-50(68(49)63)70(69,73)74)67-62(48-30-40-20-18-36-12-8-32-6-10-34-14-16-38-22-24-44(48)65-58(38)54(34)52(32)56(36)60(40)65)42-4-2-1-3-41(42)61(66(45)67)47-29-39-19-17-35-11-7-31-5-9-33-13-15-37-21-23-43(47)64-57(37)53(33)51(31)55(35)59(39)64/h1-30H. The number of alkyl halides is 4. The molecule has 0 saturated heterocycles. The van der Waals surface area contributed by atoms with Crippen molar-refractivity contribution in [3.05, 3.63) is 193 Å². The molecule has 18 aromatic rings. The fourth-order valence-corrected chi connectivity index (χ4v) is 15.7. The van der Waals surface area contributed by atoms with Gasteiger partial charge in [0.25, 0.3) is 0 Å². The van der Waals surface area contributed by atoms with E-state index in [-0.39, 0.29) is 5.39 Å². The lowest BCUT2D eigenvalue weighted by Crippen LogP contribution is -2.30. The third kappa shape index (κ3) is 3.83. The largest absolute Gasteiger partial charge is 0.340 e. The van der Waals surface area contributed by atoms with Gasteiger partial charge in [-0.1, -0.05) is 170 Å². The molecule has 0 aromatic heterocycles. The number of fused-ring (bicyclic) bond motifs is 4. The second-order valence-corrected chi connectivity index (χ2v) is 21.6. The summed E-state index contributed by atoms with van der Waals surface area (Å²) in [4.78, 5) is 0. The van der Waals surface area contributed by atoms with Gasteiger partial charge in [-0.05, 0) is 202 Å². The van der Waals surface area contributed by atoms with Crippen molar-refractivity contribution in [3.63, 3.8) is 0 Å². The predicted molar refractivity (Wildman–Crippen MR) is 302 cm³/mol. The Bertz CT molecular complexity index is 5200. The highest BCUT2D eigenvalue weighted by Gasteiger charge is 2.64. The molecule has 4 heteroatoms. The van der Waals surface area contributed by atoms with Gasteiger partial charge in [-0.25, -0.2) is 0 Å². The summed E-state index contributed by atoms with van der Waals surface area (Å²) < 4.78 is 65.2. The first-order valence-electron chi connectivity index (χ1n) is 25.4. The molecule has 0 radical (unpaired) electrons. The van der Waals surface area contributed by atoms with Crippen molar-refractivity contribution < 1.29 is 17.6 Å². The Morgan fingerprint density at radius 1 is 0.203 bits per heavy atom. The molecule has 0 bridgehead atoms. The first-order chi connectivity index (χ1) is 36.2. The van der Waals surface area contributed by atoms with Crippen LogP contribution < -0.4 is 0 Å². The zero-order valence-electron chi connectivity index (χ0n) is 38.8. The first-order valence-corrected chi connectivity index (χ1v) is 25.4. The lowest BCUT2D eigenvalue weighted by atomic mass is 9.77. The van der Waals surface area contributed by atoms with Crippen molar-refractivity contribution in [2.45, 2.75) is 11.8 Å². The topological polar surface area (TPSA) is 0 Å². The van der Waals surface area contributed by atoms with Crippen LogP contribution in [0.4, 0.5) is 17.6 Å². The van der Waals surface area contributed by atoms with Gasteiger partial charge in [0.05, 0.1) is 0 Å². The Balaban J connectivity index is 1.02. The van der Waals surface area contributed by atoms with Crippen LogP contribution in [0.1, 0.15) is 11.1 Å². The van der Waals surface area contributed by atoms with E-state index in [4.69, 9.17) is 0 Å². The summed E-state index contributed by atoms with van der Waals surface area (Å²) in [6.45, 7) is 0. The Kier molecular flexibility index (Phi) is 5.95. The molecule has 74 heavy (non-hydrogen) atoms. The normalized spacial score (nSPS) is 15.2. The summed E-state index contributed by atoms with van der Waals surface area (Å²) in [5, 5.41) is 31.3. The summed E-state index contributed by atoms with van der Waals surface area (Å²) in [6, 6.07) is 64.2. The van der Waals surface area contributed by atoms with Gasteiger partial charge in [-0.15, -0.1) is 0 Å². The van der Waals surface area contributed by atoms with Gasteiger partial charge >= 0.3 is 11.8 Å². The average molecular weight is 947 g/mol. The lowest BCUT2D eigenvalue weighted by molar-refractivity contribution is -0.216. The first kappa shape index (κ1) is 37.6. The van der Waals surface area contributed by atoms with E-state index < -0.39 is 23.0 Å². The molecule has 0 saturated carbocycles. The number of hydrogen-bond donors (Lipinski definition) is 0. The molecule has 0 spiro atoms. The number of halogens is 4. The minimum atomic E-state index is -4.38. The quantitative estimate of drug-likeness (QED) is 0.0920. The highest BCUT2D eigenvalue weighted by molar-refractivity contribution is 6.48. The van der Waals surface area contributed by atoms with E-state index in [0.717, 1.165) is 65.7 Å². The van der Waals surface area contributed by atoms with E-state index in [1.54, 1.807) is 12.1 Å². The van der Waals surface area contributed by atoms with E-state index >= 15 is 17.6 Å². The molecule has 0 nitrogen and oxygen atoms in total. The van der Waals surface area contributed by atoms with Crippen LogP contribution in [0.5, 0.6) is 0 Å². The van der Waals surface area contributed by atoms with Crippen molar-refractivity contribution in [3.8, 4) is 44.5 Å². The van der Waals surface area contributed by atoms with Crippen molar-refractivity contribution in [2.75, 3.05) is 0 Å². The summed E-state index contributed by atoms with van der Waals surface area (Å²) in [5.41, 5.74) is 5.89.